The number of carbonyl (C=O) groups is 1. The van der Waals surface area contributed by atoms with Gasteiger partial charge in [-0.2, -0.15) is 4.99 Å². The highest BCUT2D eigenvalue weighted by Gasteiger charge is 2.34. The van der Waals surface area contributed by atoms with E-state index in [0.29, 0.717) is 12.8 Å². The molecule has 0 rings (SSSR count). The van der Waals surface area contributed by atoms with Crippen LogP contribution < -0.4 is 0 Å². The molecule has 62 valence electrons. The molecule has 0 aromatic heterocycles. The van der Waals surface area contributed by atoms with Crippen LogP contribution >= 0.6 is 0 Å². The Morgan fingerprint density at radius 3 is 2.09 bits per heavy atom. The fraction of sp³-hybridized carbons (Fsp3) is 0.714. The van der Waals surface area contributed by atoms with E-state index in [2.05, 4.69) is 4.99 Å². The largest absolute Gasteiger partial charge is 0.479 e. The fourth-order valence-corrected chi connectivity index (χ4v) is 0.846. The quantitative estimate of drug-likeness (QED) is 0.488. The van der Waals surface area contributed by atoms with Crippen molar-refractivity contribution < 1.29 is 14.7 Å². The molecule has 0 radical (unpaired) electrons. The first kappa shape index (κ1) is 9.85. The first-order valence-corrected chi connectivity index (χ1v) is 3.45. The van der Waals surface area contributed by atoms with Crippen molar-refractivity contribution in [1.29, 1.82) is 0 Å². The summed E-state index contributed by atoms with van der Waals surface area (Å²) in [5, 5.41) is 8.68. The second kappa shape index (κ2) is 3.88. The lowest BCUT2D eigenvalue weighted by Crippen LogP contribution is -2.34. The topological polar surface area (TPSA) is 66.7 Å². The summed E-state index contributed by atoms with van der Waals surface area (Å²) in [7, 11) is 0. The summed E-state index contributed by atoms with van der Waals surface area (Å²) in [6.45, 7) is 3.36. The van der Waals surface area contributed by atoms with E-state index in [9.17, 15) is 9.59 Å². The molecule has 0 spiro atoms. The van der Waals surface area contributed by atoms with Crippen molar-refractivity contribution >= 4 is 12.0 Å². The van der Waals surface area contributed by atoms with Gasteiger partial charge in [0.05, 0.1) is 0 Å². The summed E-state index contributed by atoms with van der Waals surface area (Å²) in [4.78, 5) is 23.8. The Hall–Kier alpha value is -1.15. The van der Waals surface area contributed by atoms with Crippen molar-refractivity contribution in [2.24, 2.45) is 4.99 Å². The molecule has 0 atom stereocenters. The third kappa shape index (κ3) is 1.88. The number of isocyanates is 1. The molecule has 0 saturated heterocycles. The molecule has 0 amide bonds. The lowest BCUT2D eigenvalue weighted by molar-refractivity contribution is -0.143. The Kier molecular flexibility index (Phi) is 3.48. The molecule has 4 heteroatoms. The zero-order chi connectivity index (χ0) is 8.91. The van der Waals surface area contributed by atoms with Crippen molar-refractivity contribution in [2.45, 2.75) is 32.2 Å². The van der Waals surface area contributed by atoms with Gasteiger partial charge >= 0.3 is 5.97 Å². The van der Waals surface area contributed by atoms with Crippen molar-refractivity contribution in [2.75, 3.05) is 0 Å². The summed E-state index contributed by atoms with van der Waals surface area (Å²) in [6, 6.07) is 0. The molecule has 0 aliphatic rings. The highest BCUT2D eigenvalue weighted by Crippen LogP contribution is 2.19. The maximum absolute atomic E-state index is 10.6. The number of hydrogen-bond acceptors (Lipinski definition) is 3. The first-order chi connectivity index (χ1) is 5.13. The van der Waals surface area contributed by atoms with E-state index in [4.69, 9.17) is 5.11 Å². The molecule has 0 fully saturated rings. The van der Waals surface area contributed by atoms with Gasteiger partial charge in [-0.1, -0.05) is 13.8 Å². The fourth-order valence-electron chi connectivity index (χ4n) is 0.846. The second-order valence-corrected chi connectivity index (χ2v) is 2.25. The van der Waals surface area contributed by atoms with Crippen LogP contribution in [0.15, 0.2) is 4.99 Å². The van der Waals surface area contributed by atoms with Gasteiger partial charge in [-0.15, -0.1) is 0 Å². The minimum absolute atomic E-state index is 0.314. The van der Waals surface area contributed by atoms with Gasteiger partial charge in [0.25, 0.3) is 0 Å². The molecule has 0 aromatic rings. The molecule has 11 heavy (non-hydrogen) atoms. The van der Waals surface area contributed by atoms with Crippen LogP contribution in [-0.2, 0) is 9.59 Å². The third-order valence-corrected chi connectivity index (χ3v) is 1.83. The molecule has 0 saturated carbocycles. The van der Waals surface area contributed by atoms with Crippen LogP contribution in [0, 0.1) is 0 Å². The summed E-state index contributed by atoms with van der Waals surface area (Å²) in [5.74, 6) is -1.06. The van der Waals surface area contributed by atoms with E-state index in [0.717, 1.165) is 0 Å². The maximum Gasteiger partial charge on any atom is 0.332 e. The van der Waals surface area contributed by atoms with Gasteiger partial charge in [0.2, 0.25) is 6.08 Å². The monoisotopic (exact) mass is 157 g/mol. The van der Waals surface area contributed by atoms with Gasteiger partial charge in [0.1, 0.15) is 0 Å². The molecule has 0 unspecified atom stereocenters. The number of carboxylic acids is 1. The van der Waals surface area contributed by atoms with Crippen LogP contribution in [0.4, 0.5) is 0 Å². The molecular weight excluding hydrogens is 146 g/mol. The summed E-state index contributed by atoms with van der Waals surface area (Å²) < 4.78 is 0. The molecule has 0 aliphatic heterocycles. The maximum atomic E-state index is 10.6. The second-order valence-electron chi connectivity index (χ2n) is 2.25. The van der Waals surface area contributed by atoms with Crippen LogP contribution in [0.5, 0.6) is 0 Å². The molecule has 0 aliphatic carbocycles. The normalized spacial score (nSPS) is 10.4. The predicted molar refractivity (Wildman–Crippen MR) is 39.1 cm³/mol. The van der Waals surface area contributed by atoms with E-state index in [1.807, 2.05) is 0 Å². The standard InChI is InChI=1S/C7H11NO3/c1-3-7(4-2,6(10)11)8-5-9/h3-4H2,1-2H3,(H,10,11). The number of hydrogen-bond donors (Lipinski definition) is 1. The summed E-state index contributed by atoms with van der Waals surface area (Å²) >= 11 is 0. The minimum atomic E-state index is -1.25. The molecule has 0 heterocycles. The van der Waals surface area contributed by atoms with Crippen molar-refractivity contribution in [3.05, 3.63) is 0 Å². The zero-order valence-corrected chi connectivity index (χ0v) is 6.63. The number of carboxylic acid groups (broad SMARTS) is 1. The van der Waals surface area contributed by atoms with E-state index in [1.54, 1.807) is 13.8 Å². The average molecular weight is 157 g/mol. The van der Waals surface area contributed by atoms with Gasteiger partial charge in [-0.25, -0.2) is 9.59 Å². The Balaban J connectivity index is 4.74. The van der Waals surface area contributed by atoms with E-state index < -0.39 is 11.5 Å². The van der Waals surface area contributed by atoms with Crippen LogP contribution in [0.2, 0.25) is 0 Å². The summed E-state index contributed by atoms with van der Waals surface area (Å²) in [5.41, 5.74) is -1.25. The average Bonchev–Trinajstić information content (AvgIpc) is 2.00. The SMILES string of the molecule is CCC(CC)(N=C=O)C(=O)O. The van der Waals surface area contributed by atoms with Crippen molar-refractivity contribution in [1.82, 2.24) is 0 Å². The number of carbonyl (C=O) groups excluding carboxylic acids is 1. The molecule has 1 N–H and O–H groups in total. The van der Waals surface area contributed by atoms with Crippen molar-refractivity contribution in [3.8, 4) is 0 Å². The number of nitrogens with zero attached hydrogens (tertiary/aromatic N) is 1. The van der Waals surface area contributed by atoms with Crippen LogP contribution in [0.25, 0.3) is 0 Å². The van der Waals surface area contributed by atoms with Gasteiger partial charge in [-0.3, -0.25) is 0 Å². The lowest BCUT2D eigenvalue weighted by atomic mass is 9.94. The van der Waals surface area contributed by atoms with Gasteiger partial charge in [0, 0.05) is 0 Å². The van der Waals surface area contributed by atoms with Gasteiger partial charge in [0.15, 0.2) is 5.54 Å². The highest BCUT2D eigenvalue weighted by molar-refractivity contribution is 5.79. The van der Waals surface area contributed by atoms with Crippen LogP contribution in [0.1, 0.15) is 26.7 Å². The minimum Gasteiger partial charge on any atom is -0.479 e. The number of aliphatic carboxylic acids is 1. The van der Waals surface area contributed by atoms with Crippen LogP contribution in [0.3, 0.4) is 0 Å². The third-order valence-electron chi connectivity index (χ3n) is 1.83. The van der Waals surface area contributed by atoms with Crippen molar-refractivity contribution in [3.63, 3.8) is 0 Å². The first-order valence-electron chi connectivity index (χ1n) is 3.45. The number of rotatable bonds is 4. The van der Waals surface area contributed by atoms with Gasteiger partial charge in [-0.05, 0) is 12.8 Å². The summed E-state index contributed by atoms with van der Waals surface area (Å²) in [6.07, 6.45) is 1.91. The van der Waals surface area contributed by atoms with E-state index in [-0.39, 0.29) is 0 Å². The Morgan fingerprint density at radius 1 is 1.55 bits per heavy atom. The smallest absolute Gasteiger partial charge is 0.332 e. The Labute approximate surface area is 64.9 Å². The lowest BCUT2D eigenvalue weighted by Gasteiger charge is -2.18. The number of aliphatic imine (C=N–C) groups is 1. The predicted octanol–water partition coefficient (Wildman–Crippen LogP) is 0.966. The Morgan fingerprint density at radius 2 is 2.00 bits per heavy atom. The van der Waals surface area contributed by atoms with E-state index >= 15 is 0 Å². The molecule has 4 nitrogen and oxygen atoms in total. The molecular formula is C7H11NO3. The highest BCUT2D eigenvalue weighted by atomic mass is 16.4. The zero-order valence-electron chi connectivity index (χ0n) is 6.63. The van der Waals surface area contributed by atoms with Crippen LogP contribution in [-0.4, -0.2) is 22.7 Å². The molecule has 0 bridgehead atoms. The van der Waals surface area contributed by atoms with E-state index in [1.165, 1.54) is 6.08 Å². The van der Waals surface area contributed by atoms with Gasteiger partial charge < -0.3 is 5.11 Å². The Bertz CT molecular complexity index is 186. The molecule has 0 aromatic carbocycles.